The number of hydrogen-bond acceptors (Lipinski definition) is 8. The SMILES string of the molecule is COC(=O)c1cc(NN=C(C#N)C#N)c(Br)cc1[N+](=O)[O-]. The van der Waals surface area contributed by atoms with Crippen LogP contribution in [-0.4, -0.2) is 23.7 Å². The van der Waals surface area contributed by atoms with Gasteiger partial charge in [-0.1, -0.05) is 0 Å². The average molecular weight is 352 g/mol. The summed E-state index contributed by atoms with van der Waals surface area (Å²) in [5.74, 6) is -0.901. The van der Waals surface area contributed by atoms with Crippen LogP contribution in [0.2, 0.25) is 0 Å². The fraction of sp³-hybridized carbons (Fsp3) is 0.0909. The van der Waals surface area contributed by atoms with Crippen LogP contribution in [0.1, 0.15) is 10.4 Å². The summed E-state index contributed by atoms with van der Waals surface area (Å²) in [6.07, 6.45) is 0. The van der Waals surface area contributed by atoms with Crippen LogP contribution in [0.3, 0.4) is 0 Å². The van der Waals surface area contributed by atoms with Crippen LogP contribution in [-0.2, 0) is 4.74 Å². The van der Waals surface area contributed by atoms with Gasteiger partial charge in [0, 0.05) is 10.5 Å². The van der Waals surface area contributed by atoms with Gasteiger partial charge in [0.1, 0.15) is 17.7 Å². The summed E-state index contributed by atoms with van der Waals surface area (Å²) in [5.41, 5.74) is 1.33. The van der Waals surface area contributed by atoms with Gasteiger partial charge in [-0.25, -0.2) is 4.79 Å². The van der Waals surface area contributed by atoms with E-state index in [1.807, 2.05) is 0 Å². The molecule has 10 heteroatoms. The average Bonchev–Trinajstić information content (AvgIpc) is 2.48. The van der Waals surface area contributed by atoms with E-state index >= 15 is 0 Å². The molecular formula is C11H6BrN5O4. The molecule has 1 N–H and O–H groups in total. The first-order valence-electron chi connectivity index (χ1n) is 5.14. The van der Waals surface area contributed by atoms with E-state index in [2.05, 4.69) is 31.2 Å². The van der Waals surface area contributed by atoms with Crippen molar-refractivity contribution >= 4 is 39.0 Å². The molecule has 0 bridgehead atoms. The molecule has 0 saturated carbocycles. The van der Waals surface area contributed by atoms with E-state index < -0.39 is 22.3 Å². The molecule has 0 saturated heterocycles. The molecule has 1 aromatic carbocycles. The number of anilines is 1. The van der Waals surface area contributed by atoms with E-state index in [1.54, 1.807) is 0 Å². The first-order chi connectivity index (χ1) is 9.94. The molecule has 0 unspecified atom stereocenters. The standard InChI is InChI=1S/C11H6BrN5O4/c1-21-11(18)7-2-9(16-15-6(4-13)5-14)8(12)3-10(7)17(19)20/h2-3,16H,1H3. The number of nitro groups is 1. The van der Waals surface area contributed by atoms with Gasteiger partial charge in [-0.2, -0.15) is 15.6 Å². The Morgan fingerprint density at radius 2 is 2.10 bits per heavy atom. The van der Waals surface area contributed by atoms with Crippen LogP contribution in [0.4, 0.5) is 11.4 Å². The molecule has 0 aliphatic rings. The fourth-order valence-corrected chi connectivity index (χ4v) is 1.68. The molecular weight excluding hydrogens is 346 g/mol. The van der Waals surface area contributed by atoms with Crippen LogP contribution in [0.15, 0.2) is 21.7 Å². The number of nitrogens with zero attached hydrogens (tertiary/aromatic N) is 4. The molecule has 21 heavy (non-hydrogen) atoms. The van der Waals surface area contributed by atoms with Crippen molar-refractivity contribution in [3.05, 3.63) is 32.3 Å². The number of hydrazone groups is 1. The van der Waals surface area contributed by atoms with Crippen LogP contribution in [0.5, 0.6) is 0 Å². The Labute approximate surface area is 126 Å². The van der Waals surface area contributed by atoms with Gasteiger partial charge in [0.05, 0.1) is 17.7 Å². The van der Waals surface area contributed by atoms with Gasteiger partial charge in [-0.05, 0) is 22.0 Å². The Hall–Kier alpha value is -2.98. The van der Waals surface area contributed by atoms with Crippen LogP contribution >= 0.6 is 15.9 Å². The predicted octanol–water partition coefficient (Wildman–Crippen LogP) is 1.96. The van der Waals surface area contributed by atoms with E-state index in [4.69, 9.17) is 10.5 Å². The minimum absolute atomic E-state index is 0.156. The molecule has 0 aliphatic heterocycles. The van der Waals surface area contributed by atoms with Crippen LogP contribution in [0.25, 0.3) is 0 Å². The second kappa shape index (κ2) is 6.98. The number of nitrogens with one attached hydrogen (secondary N) is 1. The van der Waals surface area contributed by atoms with Gasteiger partial charge < -0.3 is 4.74 Å². The predicted molar refractivity (Wildman–Crippen MR) is 74.4 cm³/mol. The third kappa shape index (κ3) is 3.75. The maximum Gasteiger partial charge on any atom is 0.344 e. The summed E-state index contributed by atoms with van der Waals surface area (Å²) < 4.78 is 4.69. The summed E-state index contributed by atoms with van der Waals surface area (Å²) in [6.45, 7) is 0. The third-order valence-corrected chi connectivity index (χ3v) is 2.84. The largest absolute Gasteiger partial charge is 0.465 e. The van der Waals surface area contributed by atoms with Gasteiger partial charge in [0.2, 0.25) is 5.71 Å². The molecule has 106 valence electrons. The van der Waals surface area contributed by atoms with E-state index in [-0.39, 0.29) is 15.7 Å². The monoisotopic (exact) mass is 351 g/mol. The lowest BCUT2D eigenvalue weighted by molar-refractivity contribution is -0.385. The Bertz CT molecular complexity index is 701. The molecule has 1 aromatic rings. The Balaban J connectivity index is 3.34. The number of ether oxygens (including phenoxy) is 1. The zero-order valence-corrected chi connectivity index (χ0v) is 12.0. The number of benzene rings is 1. The number of hydrogen-bond donors (Lipinski definition) is 1. The Morgan fingerprint density at radius 3 is 2.57 bits per heavy atom. The van der Waals surface area contributed by atoms with Crippen molar-refractivity contribution in [3.63, 3.8) is 0 Å². The van der Waals surface area contributed by atoms with Gasteiger partial charge in [0.15, 0.2) is 0 Å². The zero-order valence-electron chi connectivity index (χ0n) is 10.5. The van der Waals surface area contributed by atoms with Gasteiger partial charge in [-0.15, -0.1) is 0 Å². The normalized spacial score (nSPS) is 8.95. The van der Waals surface area contributed by atoms with Crippen molar-refractivity contribution in [2.45, 2.75) is 0 Å². The third-order valence-electron chi connectivity index (χ3n) is 2.19. The van der Waals surface area contributed by atoms with Crippen molar-refractivity contribution < 1.29 is 14.5 Å². The summed E-state index contributed by atoms with van der Waals surface area (Å²) in [7, 11) is 1.09. The molecule has 0 spiro atoms. The minimum atomic E-state index is -0.901. The van der Waals surface area contributed by atoms with E-state index in [0.29, 0.717) is 0 Å². The van der Waals surface area contributed by atoms with Crippen molar-refractivity contribution in [2.24, 2.45) is 5.10 Å². The molecule has 0 aromatic heterocycles. The second-order valence-corrected chi connectivity index (χ2v) is 4.25. The van der Waals surface area contributed by atoms with E-state index in [1.165, 1.54) is 12.1 Å². The molecule has 9 nitrogen and oxygen atoms in total. The van der Waals surface area contributed by atoms with Crippen molar-refractivity contribution in [3.8, 4) is 12.1 Å². The van der Waals surface area contributed by atoms with Gasteiger partial charge >= 0.3 is 5.97 Å². The molecule has 1 rings (SSSR count). The van der Waals surface area contributed by atoms with Crippen LogP contribution < -0.4 is 5.43 Å². The Morgan fingerprint density at radius 1 is 1.48 bits per heavy atom. The molecule has 0 heterocycles. The number of esters is 1. The highest BCUT2D eigenvalue weighted by Crippen LogP contribution is 2.31. The highest BCUT2D eigenvalue weighted by Gasteiger charge is 2.23. The first-order valence-corrected chi connectivity index (χ1v) is 5.94. The molecule has 0 fully saturated rings. The lowest BCUT2D eigenvalue weighted by atomic mass is 10.1. The fourth-order valence-electron chi connectivity index (χ4n) is 1.26. The van der Waals surface area contributed by atoms with E-state index in [0.717, 1.165) is 19.2 Å². The van der Waals surface area contributed by atoms with Crippen molar-refractivity contribution in [1.29, 1.82) is 10.5 Å². The lowest BCUT2D eigenvalue weighted by Crippen LogP contribution is -2.07. The number of carbonyl (C=O) groups is 1. The molecule has 0 amide bonds. The summed E-state index contributed by atoms with van der Waals surface area (Å²) in [6, 6.07) is 5.28. The number of methoxy groups -OCH3 is 1. The van der Waals surface area contributed by atoms with E-state index in [9.17, 15) is 14.9 Å². The number of halogens is 1. The highest BCUT2D eigenvalue weighted by atomic mass is 79.9. The summed E-state index contributed by atoms with van der Waals surface area (Å²) in [4.78, 5) is 21.7. The maximum atomic E-state index is 11.5. The molecule has 0 radical (unpaired) electrons. The Kier molecular flexibility index (Phi) is 5.34. The van der Waals surface area contributed by atoms with Crippen LogP contribution in [0, 0.1) is 32.8 Å². The summed E-state index contributed by atoms with van der Waals surface area (Å²) >= 11 is 3.06. The second-order valence-electron chi connectivity index (χ2n) is 3.39. The molecule has 0 aliphatic carbocycles. The number of carbonyl (C=O) groups excluding carboxylic acids is 1. The zero-order chi connectivity index (χ0) is 16.0. The smallest absolute Gasteiger partial charge is 0.344 e. The van der Waals surface area contributed by atoms with Crippen molar-refractivity contribution in [1.82, 2.24) is 0 Å². The molecule has 0 atom stereocenters. The first kappa shape index (κ1) is 16.1. The topological polar surface area (TPSA) is 141 Å². The number of nitro benzene ring substituents is 1. The highest BCUT2D eigenvalue weighted by molar-refractivity contribution is 9.10. The van der Waals surface area contributed by atoms with Gasteiger partial charge in [-0.3, -0.25) is 15.5 Å². The summed E-state index contributed by atoms with van der Waals surface area (Å²) in [5, 5.41) is 31.5. The minimum Gasteiger partial charge on any atom is -0.465 e. The van der Waals surface area contributed by atoms with Crippen molar-refractivity contribution in [2.75, 3.05) is 12.5 Å². The number of nitriles is 2. The van der Waals surface area contributed by atoms with Gasteiger partial charge in [0.25, 0.3) is 5.69 Å². The number of rotatable bonds is 4. The maximum absolute atomic E-state index is 11.5. The lowest BCUT2D eigenvalue weighted by Gasteiger charge is -2.07. The quantitative estimate of drug-likeness (QED) is 0.378.